The number of benzene rings is 1. The quantitative estimate of drug-likeness (QED) is 0.186. The minimum atomic E-state index is 0. The van der Waals surface area contributed by atoms with Crippen molar-refractivity contribution in [1.29, 1.82) is 0 Å². The molecule has 1 heterocycles. The minimum absolute atomic E-state index is 0. The summed E-state index contributed by atoms with van der Waals surface area (Å²) in [6.07, 6.45) is 4.51. The Morgan fingerprint density at radius 2 is 1.90 bits per heavy atom. The monoisotopic (exact) mass is 542 g/mol. The van der Waals surface area contributed by atoms with E-state index in [1.54, 1.807) is 7.11 Å². The fraction of sp³-hybridized carbons (Fsp3) is 0.591. The summed E-state index contributed by atoms with van der Waals surface area (Å²) in [6.45, 7) is 5.71. The standard InChI is InChI=1S/C22H34N6O2.HI/c1-17-26-27-21(28(17)2)15-25-22(23-12-4-14-30-16-19-5-6-19)24-13-11-18-7-9-20(29-3)10-8-18;/h7-10,19H,4-6,11-16H2,1-3H3,(H2,23,24,25);1H. The number of halogens is 1. The van der Waals surface area contributed by atoms with E-state index < -0.39 is 0 Å². The second-order valence-corrected chi connectivity index (χ2v) is 7.71. The number of methoxy groups -OCH3 is 1. The predicted octanol–water partition coefficient (Wildman–Crippen LogP) is 2.84. The molecule has 0 bridgehead atoms. The largest absolute Gasteiger partial charge is 0.497 e. The van der Waals surface area contributed by atoms with E-state index in [1.165, 1.54) is 18.4 Å². The summed E-state index contributed by atoms with van der Waals surface area (Å²) in [5.74, 6) is 4.20. The number of ether oxygens (including phenoxy) is 2. The number of aryl methyl sites for hydroxylation is 1. The van der Waals surface area contributed by atoms with Gasteiger partial charge in [0, 0.05) is 33.4 Å². The maximum absolute atomic E-state index is 5.71. The lowest BCUT2D eigenvalue weighted by molar-refractivity contribution is 0.123. The second kappa shape index (κ2) is 13.5. The summed E-state index contributed by atoms with van der Waals surface area (Å²) < 4.78 is 12.9. The fourth-order valence-corrected chi connectivity index (χ4v) is 2.95. The van der Waals surface area contributed by atoms with Crippen LogP contribution in [-0.2, 0) is 24.8 Å². The van der Waals surface area contributed by atoms with Crippen LogP contribution < -0.4 is 15.4 Å². The predicted molar refractivity (Wildman–Crippen MR) is 133 cm³/mol. The van der Waals surface area contributed by atoms with Crippen LogP contribution in [0.4, 0.5) is 0 Å². The van der Waals surface area contributed by atoms with Gasteiger partial charge in [-0.25, -0.2) is 4.99 Å². The van der Waals surface area contributed by atoms with Crippen LogP contribution >= 0.6 is 24.0 Å². The van der Waals surface area contributed by atoms with Crippen LogP contribution in [-0.4, -0.2) is 54.1 Å². The molecule has 2 aromatic rings. The van der Waals surface area contributed by atoms with Gasteiger partial charge in [-0.3, -0.25) is 0 Å². The van der Waals surface area contributed by atoms with Crippen LogP contribution in [0, 0.1) is 12.8 Å². The Labute approximate surface area is 202 Å². The van der Waals surface area contributed by atoms with Gasteiger partial charge < -0.3 is 24.7 Å². The van der Waals surface area contributed by atoms with Gasteiger partial charge in [-0.05, 0) is 56.2 Å². The highest BCUT2D eigenvalue weighted by Gasteiger charge is 2.20. The molecule has 0 saturated heterocycles. The molecular weight excluding hydrogens is 507 g/mol. The van der Waals surface area contributed by atoms with E-state index in [9.17, 15) is 0 Å². The van der Waals surface area contributed by atoms with Crippen molar-refractivity contribution < 1.29 is 9.47 Å². The highest BCUT2D eigenvalue weighted by Crippen LogP contribution is 2.28. The molecule has 1 aliphatic carbocycles. The Morgan fingerprint density at radius 3 is 2.55 bits per heavy atom. The highest BCUT2D eigenvalue weighted by molar-refractivity contribution is 14.0. The van der Waals surface area contributed by atoms with Crippen molar-refractivity contribution in [2.45, 2.75) is 39.2 Å². The molecule has 0 spiro atoms. The second-order valence-electron chi connectivity index (χ2n) is 7.71. The Morgan fingerprint density at radius 1 is 1.16 bits per heavy atom. The molecule has 1 aliphatic rings. The van der Waals surface area contributed by atoms with E-state index in [2.05, 4.69) is 33.0 Å². The zero-order chi connectivity index (χ0) is 21.2. The minimum Gasteiger partial charge on any atom is -0.497 e. The summed E-state index contributed by atoms with van der Waals surface area (Å²) >= 11 is 0. The SMILES string of the molecule is COc1ccc(CCNC(=NCc2nnc(C)n2C)NCCCOCC2CC2)cc1.I. The van der Waals surface area contributed by atoms with Gasteiger partial charge in [-0.2, -0.15) is 0 Å². The molecule has 31 heavy (non-hydrogen) atoms. The zero-order valence-corrected chi connectivity index (χ0v) is 21.1. The molecule has 172 valence electrons. The first-order valence-electron chi connectivity index (χ1n) is 10.7. The first kappa shape index (κ1) is 25.4. The molecular formula is C22H35IN6O2. The Bertz CT molecular complexity index is 805. The van der Waals surface area contributed by atoms with E-state index >= 15 is 0 Å². The van der Waals surface area contributed by atoms with Crippen LogP contribution in [0.5, 0.6) is 5.75 Å². The maximum atomic E-state index is 5.71. The Balaban J connectivity index is 0.00000341. The zero-order valence-electron chi connectivity index (χ0n) is 18.8. The van der Waals surface area contributed by atoms with Gasteiger partial charge in [-0.1, -0.05) is 12.1 Å². The van der Waals surface area contributed by atoms with Crippen molar-refractivity contribution in [3.05, 3.63) is 41.5 Å². The van der Waals surface area contributed by atoms with E-state index in [0.29, 0.717) is 6.54 Å². The van der Waals surface area contributed by atoms with Crippen molar-refractivity contribution in [3.8, 4) is 5.75 Å². The molecule has 0 unspecified atom stereocenters. The molecule has 2 N–H and O–H groups in total. The van der Waals surface area contributed by atoms with Crippen molar-refractivity contribution in [3.63, 3.8) is 0 Å². The first-order valence-corrected chi connectivity index (χ1v) is 10.7. The van der Waals surface area contributed by atoms with Gasteiger partial charge in [0.25, 0.3) is 0 Å². The fourth-order valence-electron chi connectivity index (χ4n) is 2.95. The smallest absolute Gasteiger partial charge is 0.191 e. The lowest BCUT2D eigenvalue weighted by Crippen LogP contribution is -2.39. The molecule has 9 heteroatoms. The third kappa shape index (κ3) is 9.02. The number of hydrogen-bond acceptors (Lipinski definition) is 5. The number of nitrogens with zero attached hydrogens (tertiary/aromatic N) is 4. The number of aliphatic imine (C=N–C) groups is 1. The topological polar surface area (TPSA) is 85.6 Å². The average Bonchev–Trinajstić information content (AvgIpc) is 3.54. The van der Waals surface area contributed by atoms with Crippen LogP contribution in [0.1, 0.15) is 36.5 Å². The van der Waals surface area contributed by atoms with Crippen LogP contribution in [0.3, 0.4) is 0 Å². The van der Waals surface area contributed by atoms with E-state index in [1.807, 2.05) is 30.7 Å². The molecule has 3 rings (SSSR count). The van der Waals surface area contributed by atoms with Gasteiger partial charge in [0.2, 0.25) is 0 Å². The van der Waals surface area contributed by atoms with Gasteiger partial charge in [0.1, 0.15) is 18.1 Å². The van der Waals surface area contributed by atoms with Crippen LogP contribution in [0.2, 0.25) is 0 Å². The van der Waals surface area contributed by atoms with E-state index in [4.69, 9.17) is 14.5 Å². The average molecular weight is 542 g/mol. The third-order valence-electron chi connectivity index (χ3n) is 5.23. The number of rotatable bonds is 12. The number of aromatic nitrogens is 3. The number of guanidine groups is 1. The molecule has 1 fully saturated rings. The highest BCUT2D eigenvalue weighted by atomic mass is 127. The molecule has 1 aromatic heterocycles. The van der Waals surface area contributed by atoms with Crippen LogP contribution in [0.25, 0.3) is 0 Å². The normalized spacial score (nSPS) is 13.6. The third-order valence-corrected chi connectivity index (χ3v) is 5.23. The molecule has 0 radical (unpaired) electrons. The van der Waals surface area contributed by atoms with Gasteiger partial charge in [-0.15, -0.1) is 34.2 Å². The van der Waals surface area contributed by atoms with Gasteiger partial charge >= 0.3 is 0 Å². The number of nitrogens with one attached hydrogen (secondary N) is 2. The van der Waals surface area contributed by atoms with Crippen molar-refractivity contribution in [2.75, 3.05) is 33.4 Å². The molecule has 0 aliphatic heterocycles. The first-order chi connectivity index (χ1) is 14.7. The van der Waals surface area contributed by atoms with E-state index in [-0.39, 0.29) is 24.0 Å². The maximum Gasteiger partial charge on any atom is 0.191 e. The summed E-state index contributed by atoms with van der Waals surface area (Å²) in [4.78, 5) is 4.69. The van der Waals surface area contributed by atoms with Gasteiger partial charge in [0.05, 0.1) is 7.11 Å². The molecule has 1 aromatic carbocycles. The summed E-state index contributed by atoms with van der Waals surface area (Å²) in [5, 5.41) is 15.1. The molecule has 1 saturated carbocycles. The molecule has 0 amide bonds. The van der Waals surface area contributed by atoms with Gasteiger partial charge in [0.15, 0.2) is 11.8 Å². The van der Waals surface area contributed by atoms with Crippen LogP contribution in [0.15, 0.2) is 29.3 Å². The van der Waals surface area contributed by atoms with Crippen molar-refractivity contribution in [2.24, 2.45) is 18.0 Å². The van der Waals surface area contributed by atoms with Crippen molar-refractivity contribution >= 4 is 29.9 Å². The Hall–Kier alpha value is -1.88. The summed E-state index contributed by atoms with van der Waals surface area (Å²) in [5.41, 5.74) is 1.25. The lowest BCUT2D eigenvalue weighted by Gasteiger charge is -2.13. The Kier molecular flexibility index (Phi) is 11.1. The molecule has 8 nitrogen and oxygen atoms in total. The van der Waals surface area contributed by atoms with Crippen molar-refractivity contribution in [1.82, 2.24) is 25.4 Å². The molecule has 0 atom stereocenters. The lowest BCUT2D eigenvalue weighted by atomic mass is 10.1. The van der Waals surface area contributed by atoms with E-state index in [0.717, 1.165) is 68.4 Å². The summed E-state index contributed by atoms with van der Waals surface area (Å²) in [6, 6.07) is 8.15. The summed E-state index contributed by atoms with van der Waals surface area (Å²) in [7, 11) is 3.64. The number of hydrogen-bond donors (Lipinski definition) is 2.